The number of fused-ring (bicyclic) bond motifs is 2. The summed E-state index contributed by atoms with van der Waals surface area (Å²) in [5, 5.41) is 6.90. The zero-order valence-corrected chi connectivity index (χ0v) is 14.9. The first-order valence-electron chi connectivity index (χ1n) is 8.96. The summed E-state index contributed by atoms with van der Waals surface area (Å²) in [6.07, 6.45) is 4.53. The number of guanidine groups is 1. The molecule has 2 aliphatic heterocycles. The second-order valence-corrected chi connectivity index (χ2v) is 6.96. The van der Waals surface area contributed by atoms with Crippen molar-refractivity contribution in [2.24, 2.45) is 4.99 Å². The van der Waals surface area contributed by atoms with Crippen molar-refractivity contribution in [3.63, 3.8) is 0 Å². The Morgan fingerprint density at radius 1 is 1.25 bits per heavy atom. The minimum absolute atomic E-state index is 0.260. The predicted octanol–water partition coefficient (Wildman–Crippen LogP) is 2.60. The molecular weight excluding hydrogens is 302 g/mol. The van der Waals surface area contributed by atoms with Gasteiger partial charge in [-0.1, -0.05) is 24.3 Å². The lowest BCUT2D eigenvalue weighted by Gasteiger charge is -2.22. The van der Waals surface area contributed by atoms with Crippen molar-refractivity contribution in [3.05, 3.63) is 35.4 Å². The molecule has 0 spiro atoms. The van der Waals surface area contributed by atoms with Crippen LogP contribution in [0.2, 0.25) is 0 Å². The normalized spacial score (nSPS) is 26.2. The fourth-order valence-electron chi connectivity index (χ4n) is 3.36. The highest BCUT2D eigenvalue weighted by molar-refractivity contribution is 5.80. The minimum atomic E-state index is 0.260. The lowest BCUT2D eigenvalue weighted by atomic mass is 9.96. The predicted molar refractivity (Wildman–Crippen MR) is 96.0 cm³/mol. The molecule has 0 aromatic heterocycles. The standard InChI is InChI=1S/C19H29N3O2/c1-13(2)23-12-15-6-4-14(5-7-15)11-21-19(20-3)22-17-10-16-8-9-18(17)24-16/h4-7,13,16-18H,8-12H2,1-3H3,(H2,20,21,22). The van der Waals surface area contributed by atoms with Gasteiger partial charge < -0.3 is 20.1 Å². The second kappa shape index (κ2) is 7.99. The highest BCUT2D eigenvalue weighted by Crippen LogP contribution is 2.34. The Morgan fingerprint density at radius 2 is 2.00 bits per heavy atom. The van der Waals surface area contributed by atoms with Crippen LogP contribution in [0, 0.1) is 0 Å². The molecular formula is C19H29N3O2. The summed E-state index contributed by atoms with van der Waals surface area (Å²) >= 11 is 0. The summed E-state index contributed by atoms with van der Waals surface area (Å²) in [7, 11) is 1.82. The van der Waals surface area contributed by atoms with Gasteiger partial charge in [-0.3, -0.25) is 4.99 Å². The average Bonchev–Trinajstić information content (AvgIpc) is 3.20. The van der Waals surface area contributed by atoms with Crippen molar-refractivity contribution >= 4 is 5.96 Å². The van der Waals surface area contributed by atoms with Gasteiger partial charge in [0.2, 0.25) is 0 Å². The molecule has 0 saturated carbocycles. The molecule has 1 aromatic carbocycles. The van der Waals surface area contributed by atoms with E-state index in [9.17, 15) is 0 Å². The van der Waals surface area contributed by atoms with Gasteiger partial charge in [0.05, 0.1) is 31.0 Å². The van der Waals surface area contributed by atoms with Crippen LogP contribution in [0.15, 0.2) is 29.3 Å². The smallest absolute Gasteiger partial charge is 0.191 e. The van der Waals surface area contributed by atoms with Crippen LogP contribution >= 0.6 is 0 Å². The van der Waals surface area contributed by atoms with Gasteiger partial charge in [-0.25, -0.2) is 0 Å². The van der Waals surface area contributed by atoms with E-state index in [0.717, 1.165) is 18.9 Å². The van der Waals surface area contributed by atoms with Gasteiger partial charge in [0.15, 0.2) is 5.96 Å². The molecule has 5 nitrogen and oxygen atoms in total. The number of hydrogen-bond acceptors (Lipinski definition) is 3. The maximum atomic E-state index is 5.89. The molecule has 2 saturated heterocycles. The van der Waals surface area contributed by atoms with E-state index in [0.29, 0.717) is 24.9 Å². The summed E-state index contributed by atoms with van der Waals surface area (Å²) in [5.74, 6) is 0.850. The number of benzene rings is 1. The maximum Gasteiger partial charge on any atom is 0.191 e. The monoisotopic (exact) mass is 331 g/mol. The number of nitrogens with zero attached hydrogens (tertiary/aromatic N) is 1. The van der Waals surface area contributed by atoms with Crippen LogP contribution in [0.1, 0.15) is 44.2 Å². The molecule has 0 aliphatic carbocycles. The molecule has 24 heavy (non-hydrogen) atoms. The van der Waals surface area contributed by atoms with E-state index in [2.05, 4.69) is 53.7 Å². The van der Waals surface area contributed by atoms with Gasteiger partial charge in [0, 0.05) is 13.6 Å². The molecule has 0 amide bonds. The number of ether oxygens (including phenoxy) is 2. The molecule has 2 heterocycles. The third kappa shape index (κ3) is 4.48. The molecule has 2 bridgehead atoms. The molecule has 3 atom stereocenters. The van der Waals surface area contributed by atoms with Gasteiger partial charge in [0.1, 0.15) is 0 Å². The molecule has 132 valence electrons. The Morgan fingerprint density at radius 3 is 2.58 bits per heavy atom. The summed E-state index contributed by atoms with van der Waals surface area (Å²) < 4.78 is 11.5. The van der Waals surface area contributed by atoms with Crippen LogP contribution in [0.3, 0.4) is 0 Å². The van der Waals surface area contributed by atoms with Crippen molar-refractivity contribution < 1.29 is 9.47 Å². The first-order chi connectivity index (χ1) is 11.6. The van der Waals surface area contributed by atoms with Gasteiger partial charge >= 0.3 is 0 Å². The van der Waals surface area contributed by atoms with Gasteiger partial charge in [-0.2, -0.15) is 0 Å². The number of nitrogens with one attached hydrogen (secondary N) is 2. The highest BCUT2D eigenvalue weighted by Gasteiger charge is 2.41. The van der Waals surface area contributed by atoms with Gasteiger partial charge in [0.25, 0.3) is 0 Å². The summed E-state index contributed by atoms with van der Waals surface area (Å²) in [6, 6.07) is 8.92. The molecule has 3 unspecified atom stereocenters. The van der Waals surface area contributed by atoms with E-state index in [1.807, 2.05) is 7.05 Å². The summed E-state index contributed by atoms with van der Waals surface area (Å²) in [4.78, 5) is 4.34. The fraction of sp³-hybridized carbons (Fsp3) is 0.632. The van der Waals surface area contributed by atoms with E-state index >= 15 is 0 Å². The van der Waals surface area contributed by atoms with E-state index in [-0.39, 0.29) is 6.10 Å². The number of aliphatic imine (C=N–C) groups is 1. The van der Waals surface area contributed by atoms with Crippen molar-refractivity contribution in [1.29, 1.82) is 0 Å². The summed E-state index contributed by atoms with van der Waals surface area (Å²) in [5.41, 5.74) is 2.43. The van der Waals surface area contributed by atoms with Crippen molar-refractivity contribution in [3.8, 4) is 0 Å². The maximum absolute atomic E-state index is 5.89. The lowest BCUT2D eigenvalue weighted by molar-refractivity contribution is 0.0657. The highest BCUT2D eigenvalue weighted by atomic mass is 16.5. The Kier molecular flexibility index (Phi) is 5.74. The average molecular weight is 331 g/mol. The first-order valence-corrected chi connectivity index (χ1v) is 8.96. The van der Waals surface area contributed by atoms with Crippen molar-refractivity contribution in [2.75, 3.05) is 7.05 Å². The van der Waals surface area contributed by atoms with E-state index in [1.165, 1.54) is 24.0 Å². The molecule has 2 N–H and O–H groups in total. The first kappa shape index (κ1) is 17.2. The van der Waals surface area contributed by atoms with Crippen LogP contribution in [0.5, 0.6) is 0 Å². The molecule has 5 heteroatoms. The van der Waals surface area contributed by atoms with Crippen LogP contribution in [0.4, 0.5) is 0 Å². The lowest BCUT2D eigenvalue weighted by Crippen LogP contribution is -2.47. The van der Waals surface area contributed by atoms with E-state index in [4.69, 9.17) is 9.47 Å². The van der Waals surface area contributed by atoms with Crippen LogP contribution in [-0.4, -0.2) is 37.4 Å². The SMILES string of the molecule is CN=C(NCc1ccc(COC(C)C)cc1)NC1CC2CCC1O2. The Bertz CT molecular complexity index is 556. The zero-order valence-electron chi connectivity index (χ0n) is 14.9. The third-order valence-electron chi connectivity index (χ3n) is 4.72. The zero-order chi connectivity index (χ0) is 16.9. The van der Waals surface area contributed by atoms with Crippen LogP contribution in [-0.2, 0) is 22.6 Å². The second-order valence-electron chi connectivity index (χ2n) is 6.96. The molecule has 2 fully saturated rings. The Labute approximate surface area is 144 Å². The van der Waals surface area contributed by atoms with Crippen molar-refractivity contribution in [1.82, 2.24) is 10.6 Å². The largest absolute Gasteiger partial charge is 0.374 e. The quantitative estimate of drug-likeness (QED) is 0.621. The van der Waals surface area contributed by atoms with Gasteiger partial charge in [-0.15, -0.1) is 0 Å². The molecule has 1 aromatic rings. The van der Waals surface area contributed by atoms with Gasteiger partial charge in [-0.05, 0) is 44.2 Å². The Balaban J connectivity index is 1.45. The fourth-order valence-corrected chi connectivity index (χ4v) is 3.36. The van der Waals surface area contributed by atoms with Crippen LogP contribution in [0.25, 0.3) is 0 Å². The van der Waals surface area contributed by atoms with Crippen molar-refractivity contribution in [2.45, 2.75) is 70.6 Å². The minimum Gasteiger partial charge on any atom is -0.374 e. The molecule has 0 radical (unpaired) electrons. The van der Waals surface area contributed by atoms with Crippen LogP contribution < -0.4 is 10.6 Å². The third-order valence-corrected chi connectivity index (χ3v) is 4.72. The molecule has 3 rings (SSSR count). The van der Waals surface area contributed by atoms with E-state index in [1.54, 1.807) is 0 Å². The number of rotatable bonds is 6. The van der Waals surface area contributed by atoms with E-state index < -0.39 is 0 Å². The molecule has 2 aliphatic rings. The topological polar surface area (TPSA) is 54.9 Å². The number of hydrogen-bond donors (Lipinski definition) is 2. The summed E-state index contributed by atoms with van der Waals surface area (Å²) in [6.45, 7) is 5.53. The Hall–Kier alpha value is -1.59.